The van der Waals surface area contributed by atoms with Gasteiger partial charge in [0.15, 0.2) is 0 Å². The van der Waals surface area contributed by atoms with Crippen molar-refractivity contribution in [3.8, 4) is 0 Å². The van der Waals surface area contributed by atoms with Crippen LogP contribution >= 0.6 is 0 Å². The summed E-state index contributed by atoms with van der Waals surface area (Å²) in [5.74, 6) is 0.734. The summed E-state index contributed by atoms with van der Waals surface area (Å²) in [5.41, 5.74) is 2.10. The van der Waals surface area contributed by atoms with Gasteiger partial charge in [0.05, 0.1) is 16.6 Å². The predicted octanol–water partition coefficient (Wildman–Crippen LogP) is 3.43. The number of hydrogen-bond acceptors (Lipinski definition) is 5. The predicted molar refractivity (Wildman–Crippen MR) is 121 cm³/mol. The van der Waals surface area contributed by atoms with Gasteiger partial charge in [0, 0.05) is 38.1 Å². The van der Waals surface area contributed by atoms with E-state index in [1.807, 2.05) is 12.1 Å². The van der Waals surface area contributed by atoms with Crippen LogP contribution in [0.3, 0.4) is 0 Å². The van der Waals surface area contributed by atoms with Crippen LogP contribution in [0.4, 0.5) is 5.82 Å². The van der Waals surface area contributed by atoms with E-state index in [1.54, 1.807) is 24.3 Å². The van der Waals surface area contributed by atoms with Crippen LogP contribution in [0.25, 0.3) is 10.9 Å². The number of amides is 2. The third-order valence-corrected chi connectivity index (χ3v) is 6.26. The Morgan fingerprint density at radius 3 is 2.10 bits per heavy atom. The molecule has 0 N–H and O–H groups in total. The Labute approximate surface area is 182 Å². The summed E-state index contributed by atoms with van der Waals surface area (Å²) in [6, 6.07) is 19.6. The van der Waals surface area contributed by atoms with E-state index in [4.69, 9.17) is 4.98 Å². The monoisotopic (exact) mass is 414 g/mol. The van der Waals surface area contributed by atoms with E-state index in [0.29, 0.717) is 17.7 Å². The number of pyridine rings is 1. The summed E-state index contributed by atoms with van der Waals surface area (Å²) in [6.45, 7) is 5.41. The van der Waals surface area contributed by atoms with Gasteiger partial charge in [-0.25, -0.2) is 4.98 Å². The first-order valence-electron chi connectivity index (χ1n) is 11.0. The van der Waals surface area contributed by atoms with Crippen LogP contribution in [0.15, 0.2) is 60.7 Å². The minimum atomic E-state index is -0.155. The number of unbranched alkanes of at least 4 members (excludes halogenated alkanes) is 1. The van der Waals surface area contributed by atoms with Gasteiger partial charge in [-0.05, 0) is 49.7 Å². The number of aromatic nitrogens is 1. The quantitative estimate of drug-likeness (QED) is 0.457. The first-order chi connectivity index (χ1) is 15.2. The van der Waals surface area contributed by atoms with Gasteiger partial charge in [0.2, 0.25) is 0 Å². The number of hydrogen-bond donors (Lipinski definition) is 0. The van der Waals surface area contributed by atoms with Crippen molar-refractivity contribution in [3.63, 3.8) is 0 Å². The number of nitrogens with zero attached hydrogens (tertiary/aromatic N) is 4. The molecule has 2 aromatic carbocycles. The highest BCUT2D eigenvalue weighted by molar-refractivity contribution is 6.21. The molecule has 3 heterocycles. The molecule has 2 aliphatic rings. The molecule has 1 fully saturated rings. The van der Waals surface area contributed by atoms with Crippen LogP contribution in [0.2, 0.25) is 0 Å². The molecule has 6 nitrogen and oxygen atoms in total. The summed E-state index contributed by atoms with van der Waals surface area (Å²) in [7, 11) is 0. The lowest BCUT2D eigenvalue weighted by Crippen LogP contribution is -2.47. The fourth-order valence-electron chi connectivity index (χ4n) is 4.48. The van der Waals surface area contributed by atoms with Crippen molar-refractivity contribution in [1.29, 1.82) is 0 Å². The van der Waals surface area contributed by atoms with E-state index >= 15 is 0 Å². The van der Waals surface area contributed by atoms with Crippen LogP contribution in [0.1, 0.15) is 33.6 Å². The van der Waals surface area contributed by atoms with Gasteiger partial charge in [-0.15, -0.1) is 0 Å². The van der Waals surface area contributed by atoms with Gasteiger partial charge in [-0.1, -0.05) is 30.3 Å². The fraction of sp³-hybridized carbons (Fsp3) is 0.320. The van der Waals surface area contributed by atoms with Crippen LogP contribution in [0, 0.1) is 0 Å². The molecule has 158 valence electrons. The molecule has 0 radical (unpaired) electrons. The lowest BCUT2D eigenvalue weighted by Gasteiger charge is -2.35. The normalized spacial score (nSPS) is 16.9. The molecule has 0 bridgehead atoms. The SMILES string of the molecule is O=C1c2ccccc2C(=O)N1CCCCN1CCN(c2ccc3ccccc3n2)CC1. The Morgan fingerprint density at radius 1 is 0.710 bits per heavy atom. The molecule has 0 saturated carbocycles. The van der Waals surface area contributed by atoms with Crippen molar-refractivity contribution in [2.45, 2.75) is 12.8 Å². The molecule has 2 aliphatic heterocycles. The number of fused-ring (bicyclic) bond motifs is 2. The van der Waals surface area contributed by atoms with Crippen LogP contribution in [-0.4, -0.2) is 65.9 Å². The van der Waals surface area contributed by atoms with Gasteiger partial charge in [-0.3, -0.25) is 19.4 Å². The second-order valence-corrected chi connectivity index (χ2v) is 8.21. The van der Waals surface area contributed by atoms with Crippen molar-refractivity contribution in [3.05, 3.63) is 71.8 Å². The lowest BCUT2D eigenvalue weighted by molar-refractivity contribution is 0.0650. The molecule has 0 aliphatic carbocycles. The summed E-state index contributed by atoms with van der Waals surface area (Å²) in [4.78, 5) is 35.9. The number of imide groups is 1. The van der Waals surface area contributed by atoms with Gasteiger partial charge < -0.3 is 4.90 Å². The van der Waals surface area contributed by atoms with E-state index in [0.717, 1.165) is 56.9 Å². The molecule has 1 aromatic heterocycles. The molecule has 2 amide bonds. The lowest BCUT2D eigenvalue weighted by atomic mass is 10.1. The Kier molecular flexibility index (Phi) is 5.38. The van der Waals surface area contributed by atoms with Crippen LogP contribution < -0.4 is 4.90 Å². The first-order valence-corrected chi connectivity index (χ1v) is 11.0. The first kappa shape index (κ1) is 19.7. The summed E-state index contributed by atoms with van der Waals surface area (Å²) in [5, 5.41) is 1.17. The summed E-state index contributed by atoms with van der Waals surface area (Å²) in [6.07, 6.45) is 1.81. The number of rotatable bonds is 6. The van der Waals surface area contributed by atoms with Crippen LogP contribution in [-0.2, 0) is 0 Å². The van der Waals surface area contributed by atoms with Crippen LogP contribution in [0.5, 0.6) is 0 Å². The summed E-state index contributed by atoms with van der Waals surface area (Å²) < 4.78 is 0. The van der Waals surface area contributed by atoms with Crippen molar-refractivity contribution in [1.82, 2.24) is 14.8 Å². The molecule has 31 heavy (non-hydrogen) atoms. The molecule has 6 heteroatoms. The number of carbonyl (C=O) groups excluding carboxylic acids is 2. The highest BCUT2D eigenvalue weighted by atomic mass is 16.2. The van der Waals surface area contributed by atoms with E-state index in [9.17, 15) is 9.59 Å². The number of para-hydroxylation sites is 1. The minimum absolute atomic E-state index is 0.155. The third-order valence-electron chi connectivity index (χ3n) is 6.26. The van der Waals surface area contributed by atoms with E-state index in [-0.39, 0.29) is 11.8 Å². The maximum atomic E-state index is 12.4. The largest absolute Gasteiger partial charge is 0.354 e. The second kappa shape index (κ2) is 8.47. The zero-order valence-electron chi connectivity index (χ0n) is 17.5. The topological polar surface area (TPSA) is 56.8 Å². The van der Waals surface area contributed by atoms with Crippen molar-refractivity contribution >= 4 is 28.5 Å². The van der Waals surface area contributed by atoms with Crippen molar-refractivity contribution in [2.75, 3.05) is 44.2 Å². The minimum Gasteiger partial charge on any atom is -0.354 e. The molecular weight excluding hydrogens is 388 g/mol. The van der Waals surface area contributed by atoms with Crippen molar-refractivity contribution in [2.24, 2.45) is 0 Å². The van der Waals surface area contributed by atoms with E-state index < -0.39 is 0 Å². The standard InChI is InChI=1S/C25H26N4O2/c30-24-20-8-2-3-9-21(20)25(31)29(24)14-6-5-13-27-15-17-28(18-16-27)23-12-11-19-7-1-4-10-22(19)26-23/h1-4,7-12H,5-6,13-18H2. The number of carbonyl (C=O) groups is 2. The number of piperazine rings is 1. The highest BCUT2D eigenvalue weighted by Crippen LogP contribution is 2.23. The highest BCUT2D eigenvalue weighted by Gasteiger charge is 2.34. The Bertz CT molecular complexity index is 1090. The van der Waals surface area contributed by atoms with Gasteiger partial charge in [0.1, 0.15) is 5.82 Å². The van der Waals surface area contributed by atoms with Gasteiger partial charge >= 0.3 is 0 Å². The van der Waals surface area contributed by atoms with E-state index in [2.05, 4.69) is 34.1 Å². The van der Waals surface area contributed by atoms with Gasteiger partial charge in [-0.2, -0.15) is 0 Å². The Balaban J connectivity index is 1.08. The van der Waals surface area contributed by atoms with E-state index in [1.165, 1.54) is 10.3 Å². The molecular formula is C25H26N4O2. The number of benzene rings is 2. The molecule has 1 saturated heterocycles. The molecule has 3 aromatic rings. The average molecular weight is 415 g/mol. The number of anilines is 1. The molecule has 0 spiro atoms. The smallest absolute Gasteiger partial charge is 0.261 e. The Hall–Kier alpha value is -3.25. The fourth-order valence-corrected chi connectivity index (χ4v) is 4.48. The molecule has 0 unspecified atom stereocenters. The maximum absolute atomic E-state index is 12.4. The Morgan fingerprint density at radius 2 is 1.35 bits per heavy atom. The zero-order chi connectivity index (χ0) is 21.2. The molecule has 0 atom stereocenters. The second-order valence-electron chi connectivity index (χ2n) is 8.21. The maximum Gasteiger partial charge on any atom is 0.261 e. The van der Waals surface area contributed by atoms with Crippen molar-refractivity contribution < 1.29 is 9.59 Å². The average Bonchev–Trinajstić information content (AvgIpc) is 3.07. The molecule has 5 rings (SSSR count). The van der Waals surface area contributed by atoms with Gasteiger partial charge in [0.25, 0.3) is 11.8 Å². The summed E-state index contributed by atoms with van der Waals surface area (Å²) >= 11 is 0. The third kappa shape index (κ3) is 3.91. The zero-order valence-corrected chi connectivity index (χ0v) is 17.5.